The molecule has 1 aliphatic carbocycles. The molecule has 3 fully saturated rings. The SMILES string of the molecule is O=C(c1ccc(Cl)c(S(=O)(=O)N2CCCC2)c1)N1CC[C@H]2CCCC[C@@H]2C1. The summed E-state index contributed by atoms with van der Waals surface area (Å²) in [4.78, 5) is 15.0. The maximum absolute atomic E-state index is 13.1. The number of carbonyl (C=O) groups is 1. The van der Waals surface area contributed by atoms with Gasteiger partial charge in [0.05, 0.1) is 5.02 Å². The maximum Gasteiger partial charge on any atom is 0.253 e. The first-order valence-corrected chi connectivity index (χ1v) is 11.9. The van der Waals surface area contributed by atoms with Gasteiger partial charge in [-0.3, -0.25) is 4.79 Å². The van der Waals surface area contributed by atoms with Gasteiger partial charge in [0.2, 0.25) is 10.0 Å². The number of halogens is 1. The van der Waals surface area contributed by atoms with Gasteiger partial charge < -0.3 is 4.90 Å². The van der Waals surface area contributed by atoms with Crippen LogP contribution in [0.25, 0.3) is 0 Å². The van der Waals surface area contributed by atoms with E-state index in [0.29, 0.717) is 24.6 Å². The molecule has 1 saturated carbocycles. The summed E-state index contributed by atoms with van der Waals surface area (Å²) in [7, 11) is -3.64. The quantitative estimate of drug-likeness (QED) is 0.761. The molecular weight excluding hydrogens is 384 g/mol. The van der Waals surface area contributed by atoms with Gasteiger partial charge in [-0.25, -0.2) is 8.42 Å². The second-order valence-electron chi connectivity index (χ2n) is 8.10. The molecule has 2 aliphatic heterocycles. The van der Waals surface area contributed by atoms with Gasteiger partial charge >= 0.3 is 0 Å². The molecule has 2 atom stereocenters. The van der Waals surface area contributed by atoms with Gasteiger partial charge in [-0.15, -0.1) is 0 Å². The van der Waals surface area contributed by atoms with E-state index < -0.39 is 10.0 Å². The highest BCUT2D eigenvalue weighted by atomic mass is 35.5. The van der Waals surface area contributed by atoms with Crippen molar-refractivity contribution in [1.29, 1.82) is 0 Å². The molecule has 3 aliphatic rings. The lowest BCUT2D eigenvalue weighted by Gasteiger charge is -2.41. The highest BCUT2D eigenvalue weighted by Crippen LogP contribution is 2.36. The minimum atomic E-state index is -3.64. The van der Waals surface area contributed by atoms with Crippen LogP contribution in [0.1, 0.15) is 55.3 Å². The van der Waals surface area contributed by atoms with Crippen LogP contribution >= 0.6 is 11.6 Å². The van der Waals surface area contributed by atoms with E-state index in [1.54, 1.807) is 12.1 Å². The summed E-state index contributed by atoms with van der Waals surface area (Å²) in [6.07, 6.45) is 7.84. The van der Waals surface area contributed by atoms with E-state index in [1.165, 1.54) is 36.1 Å². The third-order valence-corrected chi connectivity index (χ3v) is 8.82. The Bertz CT molecular complexity index is 821. The van der Waals surface area contributed by atoms with Crippen LogP contribution < -0.4 is 0 Å². The normalized spacial score (nSPS) is 26.8. The summed E-state index contributed by atoms with van der Waals surface area (Å²) in [5.74, 6) is 1.27. The Morgan fingerprint density at radius 1 is 0.963 bits per heavy atom. The number of rotatable bonds is 3. The molecule has 1 amide bonds. The van der Waals surface area contributed by atoms with Gasteiger partial charge in [0.15, 0.2) is 0 Å². The Morgan fingerprint density at radius 2 is 1.67 bits per heavy atom. The molecule has 5 nitrogen and oxygen atoms in total. The van der Waals surface area contributed by atoms with Gasteiger partial charge in [0.1, 0.15) is 4.90 Å². The van der Waals surface area contributed by atoms with E-state index >= 15 is 0 Å². The predicted molar refractivity (Wildman–Crippen MR) is 105 cm³/mol. The predicted octanol–water partition coefficient (Wildman–Crippen LogP) is 3.78. The Balaban J connectivity index is 1.56. The molecule has 0 bridgehead atoms. The summed E-state index contributed by atoms with van der Waals surface area (Å²) < 4.78 is 27.3. The molecule has 1 aromatic carbocycles. The summed E-state index contributed by atoms with van der Waals surface area (Å²) in [6.45, 7) is 2.59. The number of likely N-dealkylation sites (tertiary alicyclic amines) is 1. The molecule has 4 rings (SSSR count). The second-order valence-corrected chi connectivity index (χ2v) is 10.4. The number of hydrogen-bond donors (Lipinski definition) is 0. The number of fused-ring (bicyclic) bond motifs is 1. The largest absolute Gasteiger partial charge is 0.338 e. The molecule has 2 heterocycles. The van der Waals surface area contributed by atoms with Crippen LogP contribution in [-0.2, 0) is 10.0 Å². The van der Waals surface area contributed by atoms with E-state index in [0.717, 1.165) is 38.3 Å². The first kappa shape index (κ1) is 19.2. The lowest BCUT2D eigenvalue weighted by Crippen LogP contribution is -2.44. The number of hydrogen-bond acceptors (Lipinski definition) is 3. The highest BCUT2D eigenvalue weighted by Gasteiger charge is 2.34. The fourth-order valence-corrected chi connectivity index (χ4v) is 6.89. The number of nitrogens with zero attached hydrogens (tertiary/aromatic N) is 2. The van der Waals surface area contributed by atoms with E-state index in [-0.39, 0.29) is 15.8 Å². The molecule has 27 heavy (non-hydrogen) atoms. The molecule has 0 unspecified atom stereocenters. The number of benzene rings is 1. The topological polar surface area (TPSA) is 57.7 Å². The van der Waals surface area contributed by atoms with Gasteiger partial charge in [-0.05, 0) is 55.7 Å². The van der Waals surface area contributed by atoms with Crippen molar-refractivity contribution in [2.45, 2.75) is 49.8 Å². The fraction of sp³-hybridized carbons (Fsp3) is 0.650. The molecule has 0 spiro atoms. The lowest BCUT2D eigenvalue weighted by atomic mass is 9.75. The van der Waals surface area contributed by atoms with Crippen LogP contribution in [0.4, 0.5) is 0 Å². The third kappa shape index (κ3) is 3.76. The van der Waals surface area contributed by atoms with Crippen molar-refractivity contribution in [3.63, 3.8) is 0 Å². The van der Waals surface area contributed by atoms with Gasteiger partial charge in [0, 0.05) is 31.7 Å². The molecular formula is C20H27ClN2O3S. The average Bonchev–Trinajstić information content (AvgIpc) is 3.23. The number of piperidine rings is 1. The fourth-order valence-electron chi connectivity index (χ4n) is 4.87. The first-order valence-electron chi connectivity index (χ1n) is 10.1. The van der Waals surface area contributed by atoms with Gasteiger partial charge in [0.25, 0.3) is 5.91 Å². The van der Waals surface area contributed by atoms with Crippen LogP contribution in [0.3, 0.4) is 0 Å². The first-order chi connectivity index (χ1) is 13.0. The number of carbonyl (C=O) groups excluding carboxylic acids is 1. The van der Waals surface area contributed by atoms with Crippen LogP contribution in [0.2, 0.25) is 5.02 Å². The van der Waals surface area contributed by atoms with Crippen LogP contribution in [0.5, 0.6) is 0 Å². The molecule has 2 saturated heterocycles. The monoisotopic (exact) mass is 410 g/mol. The summed E-state index contributed by atoms with van der Waals surface area (Å²) >= 11 is 6.21. The zero-order valence-corrected chi connectivity index (χ0v) is 17.1. The van der Waals surface area contributed by atoms with Crippen molar-refractivity contribution in [1.82, 2.24) is 9.21 Å². The van der Waals surface area contributed by atoms with E-state index in [9.17, 15) is 13.2 Å². The lowest BCUT2D eigenvalue weighted by molar-refractivity contribution is 0.0520. The highest BCUT2D eigenvalue weighted by molar-refractivity contribution is 7.89. The van der Waals surface area contributed by atoms with E-state index in [4.69, 9.17) is 11.6 Å². The average molecular weight is 411 g/mol. The molecule has 7 heteroatoms. The van der Waals surface area contributed by atoms with Crippen molar-refractivity contribution in [2.24, 2.45) is 11.8 Å². The summed E-state index contributed by atoms with van der Waals surface area (Å²) in [5.41, 5.74) is 0.423. The van der Waals surface area contributed by atoms with Crippen molar-refractivity contribution < 1.29 is 13.2 Å². The van der Waals surface area contributed by atoms with Crippen molar-refractivity contribution in [3.05, 3.63) is 28.8 Å². The standard InChI is InChI=1S/C20H27ClN2O3S/c21-18-8-7-16(13-19(18)27(25,26)23-10-3-4-11-23)20(24)22-12-9-15-5-1-2-6-17(15)14-22/h7-8,13,15,17H,1-6,9-12,14H2/t15-,17-/m1/s1. The smallest absolute Gasteiger partial charge is 0.253 e. The van der Waals surface area contributed by atoms with Crippen LogP contribution in [-0.4, -0.2) is 49.7 Å². The molecule has 1 aromatic rings. The van der Waals surface area contributed by atoms with Crippen molar-refractivity contribution in [2.75, 3.05) is 26.2 Å². The zero-order valence-electron chi connectivity index (χ0n) is 15.6. The van der Waals surface area contributed by atoms with E-state index in [1.807, 2.05) is 4.90 Å². The third-order valence-electron chi connectivity index (χ3n) is 6.44. The van der Waals surface area contributed by atoms with Crippen LogP contribution in [0, 0.1) is 11.8 Å². The molecule has 0 aromatic heterocycles. The minimum Gasteiger partial charge on any atom is -0.338 e. The van der Waals surface area contributed by atoms with Crippen LogP contribution in [0.15, 0.2) is 23.1 Å². The molecule has 0 radical (unpaired) electrons. The Hall–Kier alpha value is -1.11. The Labute approximate surface area is 166 Å². The summed E-state index contributed by atoms with van der Waals surface area (Å²) in [6, 6.07) is 4.68. The summed E-state index contributed by atoms with van der Waals surface area (Å²) in [5, 5.41) is 0.185. The van der Waals surface area contributed by atoms with Crippen molar-refractivity contribution >= 4 is 27.5 Å². The maximum atomic E-state index is 13.1. The Morgan fingerprint density at radius 3 is 2.41 bits per heavy atom. The van der Waals surface area contributed by atoms with Gasteiger partial charge in [-0.1, -0.05) is 30.9 Å². The minimum absolute atomic E-state index is 0.0597. The molecule has 148 valence electrons. The molecule has 0 N–H and O–H groups in total. The Kier molecular flexibility index (Phi) is 5.50. The van der Waals surface area contributed by atoms with Gasteiger partial charge in [-0.2, -0.15) is 4.31 Å². The van der Waals surface area contributed by atoms with E-state index in [2.05, 4.69) is 0 Å². The number of amides is 1. The second kappa shape index (κ2) is 7.72. The van der Waals surface area contributed by atoms with Crippen molar-refractivity contribution in [3.8, 4) is 0 Å². The number of sulfonamides is 1. The zero-order chi connectivity index (χ0) is 19.0.